The number of hydrogen-bond acceptors (Lipinski definition) is 1. The molecule has 21 heavy (non-hydrogen) atoms. The fourth-order valence-corrected chi connectivity index (χ4v) is 1.60. The molecule has 1 N–H and O–H groups in total. The monoisotopic (exact) mass is 475 g/mol. The Hall–Kier alpha value is 0.0801. The maximum Gasteiger partial charge on any atom is 0.0459 e. The molecule has 1 unspecified atom stereocenters. The Morgan fingerprint density at radius 3 is 1.76 bits per heavy atom. The van der Waals surface area contributed by atoms with Crippen molar-refractivity contribution in [1.29, 1.82) is 0 Å². The van der Waals surface area contributed by atoms with E-state index in [0.29, 0.717) is 12.5 Å². The van der Waals surface area contributed by atoms with E-state index in [9.17, 15) is 0 Å². The van der Waals surface area contributed by atoms with Crippen LogP contribution in [0.25, 0.3) is 0 Å². The van der Waals surface area contributed by atoms with Crippen LogP contribution in [0, 0.1) is 18.1 Å². The number of rotatable bonds is 5. The largest absolute Gasteiger partial charge is 1.00 e. The molecule has 2 aliphatic rings. The van der Waals surface area contributed by atoms with Gasteiger partial charge in [-0.2, -0.15) is 12.2 Å². The van der Waals surface area contributed by atoms with Gasteiger partial charge in [0.05, 0.1) is 0 Å². The molecule has 1 atom stereocenters. The van der Waals surface area contributed by atoms with Crippen LogP contribution < -0.4 is 12.4 Å². The van der Waals surface area contributed by atoms with Crippen molar-refractivity contribution in [3.63, 3.8) is 0 Å². The third kappa shape index (κ3) is 20.1. The summed E-state index contributed by atoms with van der Waals surface area (Å²) in [5, 5.41) is 8.75. The Bertz CT molecular complexity index is 250. The van der Waals surface area contributed by atoms with Gasteiger partial charge in [-0.3, -0.25) is 12.2 Å². The maximum absolute atomic E-state index is 8.75. The Morgan fingerprint density at radius 1 is 1.05 bits per heavy atom. The minimum Gasteiger partial charge on any atom is -1.00 e. The first kappa shape index (κ1) is 26.0. The summed E-state index contributed by atoms with van der Waals surface area (Å²) in [6, 6.07) is 0. The minimum atomic E-state index is 0. The second kappa shape index (κ2) is 22.4. The molecule has 3 heteroatoms. The van der Waals surface area contributed by atoms with Crippen molar-refractivity contribution in [1.82, 2.24) is 0 Å². The zero-order valence-electron chi connectivity index (χ0n) is 13.3. The van der Waals surface area contributed by atoms with Gasteiger partial charge in [0, 0.05) is 32.5 Å². The molecular formula is C18H28ClHfO-3. The predicted octanol–water partition coefficient (Wildman–Crippen LogP) is 1.81. The van der Waals surface area contributed by atoms with E-state index in [1.54, 1.807) is 0 Å². The van der Waals surface area contributed by atoms with Crippen LogP contribution in [0.2, 0.25) is 0 Å². The number of allylic oxidation sites excluding steroid dienone is 8. The summed E-state index contributed by atoms with van der Waals surface area (Å²) in [7, 11) is 0. The second-order valence-electron chi connectivity index (χ2n) is 4.61. The number of halogens is 1. The van der Waals surface area contributed by atoms with Gasteiger partial charge >= 0.3 is 0 Å². The van der Waals surface area contributed by atoms with Gasteiger partial charge in [0.1, 0.15) is 0 Å². The van der Waals surface area contributed by atoms with Crippen molar-refractivity contribution >= 4 is 0 Å². The van der Waals surface area contributed by atoms with E-state index in [-0.39, 0.29) is 38.3 Å². The van der Waals surface area contributed by atoms with E-state index in [4.69, 9.17) is 5.11 Å². The molecule has 2 rings (SSSR count). The van der Waals surface area contributed by atoms with E-state index in [1.807, 2.05) is 24.3 Å². The summed E-state index contributed by atoms with van der Waals surface area (Å²) in [6.07, 6.45) is 24.8. The van der Waals surface area contributed by atoms with Crippen LogP contribution in [0.4, 0.5) is 0 Å². The Kier molecular flexibility index (Phi) is 27.7. The molecule has 0 radical (unpaired) electrons. The molecule has 0 aromatic heterocycles. The van der Waals surface area contributed by atoms with Crippen molar-refractivity contribution in [3.8, 4) is 0 Å². The molecule has 0 aromatic rings. The molecule has 0 fully saturated rings. The molecule has 0 heterocycles. The zero-order chi connectivity index (χ0) is 14.2. The average Bonchev–Trinajstić information content (AvgIpc) is 3.18. The van der Waals surface area contributed by atoms with Crippen LogP contribution >= 0.6 is 0 Å². The van der Waals surface area contributed by atoms with Crippen molar-refractivity contribution in [2.45, 2.75) is 52.4 Å². The molecule has 1 nitrogen and oxygen atoms in total. The van der Waals surface area contributed by atoms with Crippen molar-refractivity contribution in [3.05, 3.63) is 48.6 Å². The summed E-state index contributed by atoms with van der Waals surface area (Å²) < 4.78 is 0. The molecule has 0 aliphatic heterocycles. The van der Waals surface area contributed by atoms with Crippen molar-refractivity contribution in [2.75, 3.05) is 6.61 Å². The van der Waals surface area contributed by atoms with Crippen LogP contribution in [0.3, 0.4) is 0 Å². The topological polar surface area (TPSA) is 20.2 Å². The summed E-state index contributed by atoms with van der Waals surface area (Å²) in [6.45, 7) is 4.69. The number of aliphatic hydroxyl groups is 1. The minimum absolute atomic E-state index is 0. The molecule has 2 aliphatic carbocycles. The Labute approximate surface area is 156 Å². The molecule has 0 bridgehead atoms. The molecule has 120 valence electrons. The molecule has 0 saturated heterocycles. The number of unbranched alkanes of at least 4 members (excludes halogenated alkanes) is 1. The second-order valence-corrected chi connectivity index (χ2v) is 4.61. The first-order chi connectivity index (χ1) is 9.35. The normalized spacial score (nSPS) is 14.2. The van der Waals surface area contributed by atoms with Gasteiger partial charge in [-0.05, 0) is 12.3 Å². The van der Waals surface area contributed by atoms with Gasteiger partial charge in [-0.15, -0.1) is 12.8 Å². The smallest absolute Gasteiger partial charge is 0.0459 e. The quantitative estimate of drug-likeness (QED) is 0.476. The Balaban J connectivity index is -0.000000232. The van der Waals surface area contributed by atoms with Gasteiger partial charge in [-0.1, -0.05) is 33.1 Å². The third-order valence-corrected chi connectivity index (χ3v) is 2.97. The van der Waals surface area contributed by atoms with Gasteiger partial charge in [-0.25, -0.2) is 24.3 Å². The van der Waals surface area contributed by atoms with Crippen LogP contribution in [0.15, 0.2) is 36.5 Å². The van der Waals surface area contributed by atoms with Gasteiger partial charge < -0.3 is 17.5 Å². The summed E-state index contributed by atoms with van der Waals surface area (Å²) in [5.41, 5.74) is 0. The summed E-state index contributed by atoms with van der Waals surface area (Å²) in [5.74, 6) is 0.560. The SMILES string of the molecule is CCCCC(CC)CO.[C-]1=CC=CC1.[C-]1=CC=CC1.[Cl-].[Hf]. The summed E-state index contributed by atoms with van der Waals surface area (Å²) in [4.78, 5) is 0. The maximum atomic E-state index is 8.75. The van der Waals surface area contributed by atoms with Crippen molar-refractivity contribution in [2.24, 2.45) is 5.92 Å². The summed E-state index contributed by atoms with van der Waals surface area (Å²) >= 11 is 0. The molecule has 0 aromatic carbocycles. The average molecular weight is 474 g/mol. The first-order valence-corrected chi connectivity index (χ1v) is 7.39. The molecular weight excluding hydrogens is 446 g/mol. The Morgan fingerprint density at radius 2 is 1.57 bits per heavy atom. The van der Waals surface area contributed by atoms with Crippen LogP contribution in [0.1, 0.15) is 52.4 Å². The van der Waals surface area contributed by atoms with Gasteiger partial charge in [0.2, 0.25) is 0 Å². The molecule has 0 amide bonds. The van der Waals surface area contributed by atoms with Gasteiger partial charge in [0.25, 0.3) is 0 Å². The molecule has 0 spiro atoms. The number of aliphatic hydroxyl groups excluding tert-OH is 1. The van der Waals surface area contributed by atoms with E-state index >= 15 is 0 Å². The van der Waals surface area contributed by atoms with E-state index in [2.05, 4.69) is 38.2 Å². The first-order valence-electron chi connectivity index (χ1n) is 7.39. The van der Waals surface area contributed by atoms with Crippen LogP contribution in [0.5, 0.6) is 0 Å². The fraction of sp³-hybridized carbons (Fsp3) is 0.556. The van der Waals surface area contributed by atoms with Crippen LogP contribution in [-0.4, -0.2) is 11.7 Å². The fourth-order valence-electron chi connectivity index (χ4n) is 1.60. The standard InChI is InChI=1S/C8H18O.2C5H5.ClH.Hf/c1-3-5-6-8(4-2)7-9;2*1-2-4-5-3-1;;/h8-9H,3-7H2,1-2H3;2*1-3H,4H2;1H;/q;2*-1;;/p-1. The van der Waals surface area contributed by atoms with E-state index < -0.39 is 0 Å². The predicted molar refractivity (Wildman–Crippen MR) is 83.5 cm³/mol. The van der Waals surface area contributed by atoms with E-state index in [0.717, 1.165) is 19.3 Å². The van der Waals surface area contributed by atoms with E-state index in [1.165, 1.54) is 19.3 Å². The molecule has 0 saturated carbocycles. The zero-order valence-corrected chi connectivity index (χ0v) is 17.7. The number of hydrogen-bond donors (Lipinski definition) is 1. The van der Waals surface area contributed by atoms with Crippen LogP contribution in [-0.2, 0) is 25.8 Å². The van der Waals surface area contributed by atoms with Gasteiger partial charge in [0.15, 0.2) is 0 Å². The van der Waals surface area contributed by atoms with Crippen molar-refractivity contribution < 1.29 is 43.4 Å². The third-order valence-electron chi connectivity index (χ3n) is 2.97.